The number of aryl methyl sites for hydroxylation is 2. The molecule has 0 saturated carbocycles. The first-order valence-corrected chi connectivity index (χ1v) is 9.01. The van der Waals surface area contributed by atoms with Gasteiger partial charge in [-0.15, -0.1) is 0 Å². The molecule has 0 aliphatic heterocycles. The summed E-state index contributed by atoms with van der Waals surface area (Å²) in [5.74, 6) is -0.962. The summed E-state index contributed by atoms with van der Waals surface area (Å²) in [5, 5.41) is 3.69. The molecule has 0 fully saturated rings. The molecule has 0 radical (unpaired) electrons. The number of aromatic amines is 1. The number of esters is 1. The summed E-state index contributed by atoms with van der Waals surface area (Å²) >= 11 is 3.42. The maximum absolute atomic E-state index is 12.5. The van der Waals surface area contributed by atoms with E-state index >= 15 is 0 Å². The summed E-state index contributed by atoms with van der Waals surface area (Å²) in [5.41, 5.74) is 3.81. The minimum atomic E-state index is -0.930. The SMILES string of the molecule is Cc1ccc(C)c(NC(=O)C(C)OC(=O)c2[nH]c3ccccc3c2Br)c1. The molecule has 1 unspecified atom stereocenters. The fraction of sp³-hybridized carbons (Fsp3) is 0.200. The fourth-order valence-corrected chi connectivity index (χ4v) is 3.23. The van der Waals surface area contributed by atoms with E-state index in [0.29, 0.717) is 10.2 Å². The molecule has 0 spiro atoms. The molecule has 2 N–H and O–H groups in total. The van der Waals surface area contributed by atoms with E-state index in [-0.39, 0.29) is 11.6 Å². The Morgan fingerprint density at radius 3 is 2.62 bits per heavy atom. The second kappa shape index (κ2) is 7.33. The van der Waals surface area contributed by atoms with Crippen molar-refractivity contribution in [1.29, 1.82) is 0 Å². The predicted octanol–water partition coefficient (Wildman–Crippen LogP) is 4.73. The van der Waals surface area contributed by atoms with E-state index in [4.69, 9.17) is 4.74 Å². The first-order chi connectivity index (χ1) is 12.4. The van der Waals surface area contributed by atoms with Crippen LogP contribution in [-0.2, 0) is 9.53 Å². The van der Waals surface area contributed by atoms with E-state index < -0.39 is 12.1 Å². The number of carbonyl (C=O) groups is 2. The topological polar surface area (TPSA) is 71.2 Å². The zero-order chi connectivity index (χ0) is 18.8. The Morgan fingerprint density at radius 1 is 1.15 bits per heavy atom. The van der Waals surface area contributed by atoms with Crippen molar-refractivity contribution in [3.05, 3.63) is 63.8 Å². The molecule has 1 atom stereocenters. The molecule has 1 heterocycles. The number of hydrogen-bond donors (Lipinski definition) is 2. The Labute approximate surface area is 159 Å². The molecule has 0 aliphatic carbocycles. The Kier molecular flexibility index (Phi) is 5.13. The van der Waals surface area contributed by atoms with Crippen LogP contribution >= 0.6 is 15.9 Å². The van der Waals surface area contributed by atoms with Crippen molar-refractivity contribution >= 4 is 44.4 Å². The van der Waals surface area contributed by atoms with E-state index in [1.165, 1.54) is 0 Å². The van der Waals surface area contributed by atoms with Gasteiger partial charge in [-0.2, -0.15) is 0 Å². The summed E-state index contributed by atoms with van der Waals surface area (Å²) in [4.78, 5) is 27.9. The predicted molar refractivity (Wildman–Crippen MR) is 105 cm³/mol. The average Bonchev–Trinajstić information content (AvgIpc) is 2.95. The summed E-state index contributed by atoms with van der Waals surface area (Å²) in [6, 6.07) is 13.3. The molecule has 1 aromatic heterocycles. The van der Waals surface area contributed by atoms with E-state index in [9.17, 15) is 9.59 Å². The average molecular weight is 415 g/mol. The van der Waals surface area contributed by atoms with Crippen LogP contribution in [0.5, 0.6) is 0 Å². The van der Waals surface area contributed by atoms with Crippen LogP contribution in [0.3, 0.4) is 0 Å². The highest BCUT2D eigenvalue weighted by Crippen LogP contribution is 2.28. The summed E-state index contributed by atoms with van der Waals surface area (Å²) in [6.07, 6.45) is -0.930. The van der Waals surface area contributed by atoms with Gasteiger partial charge in [0.25, 0.3) is 5.91 Å². The number of fused-ring (bicyclic) bond motifs is 1. The van der Waals surface area contributed by atoms with Crippen LogP contribution in [-0.4, -0.2) is 23.0 Å². The van der Waals surface area contributed by atoms with Gasteiger partial charge in [0.15, 0.2) is 6.10 Å². The second-order valence-electron chi connectivity index (χ2n) is 6.21. The zero-order valence-electron chi connectivity index (χ0n) is 14.7. The monoisotopic (exact) mass is 414 g/mol. The van der Waals surface area contributed by atoms with Crippen molar-refractivity contribution in [3.8, 4) is 0 Å². The Hall–Kier alpha value is -2.60. The van der Waals surface area contributed by atoms with Gasteiger partial charge in [0.05, 0.1) is 4.47 Å². The maximum Gasteiger partial charge on any atom is 0.356 e. The number of hydrogen-bond acceptors (Lipinski definition) is 3. The van der Waals surface area contributed by atoms with Gasteiger partial charge in [0, 0.05) is 16.6 Å². The maximum atomic E-state index is 12.5. The number of anilines is 1. The third-order valence-electron chi connectivity index (χ3n) is 4.15. The van der Waals surface area contributed by atoms with Crippen molar-refractivity contribution in [2.24, 2.45) is 0 Å². The van der Waals surface area contributed by atoms with Gasteiger partial charge >= 0.3 is 5.97 Å². The third-order valence-corrected chi connectivity index (χ3v) is 4.97. The van der Waals surface area contributed by atoms with Gasteiger partial charge in [-0.05, 0) is 60.0 Å². The highest BCUT2D eigenvalue weighted by molar-refractivity contribution is 9.10. The zero-order valence-corrected chi connectivity index (χ0v) is 16.3. The molecule has 6 heteroatoms. The largest absolute Gasteiger partial charge is 0.448 e. The van der Waals surface area contributed by atoms with Crippen molar-refractivity contribution in [3.63, 3.8) is 0 Å². The van der Waals surface area contributed by atoms with Crippen LogP contribution < -0.4 is 5.32 Å². The van der Waals surface area contributed by atoms with E-state index in [2.05, 4.69) is 26.2 Å². The molecule has 0 aliphatic rings. The van der Waals surface area contributed by atoms with Gasteiger partial charge in [0.1, 0.15) is 5.69 Å². The van der Waals surface area contributed by atoms with Gasteiger partial charge in [-0.3, -0.25) is 4.79 Å². The van der Waals surface area contributed by atoms with Crippen molar-refractivity contribution in [2.75, 3.05) is 5.32 Å². The lowest BCUT2D eigenvalue weighted by molar-refractivity contribution is -0.123. The van der Waals surface area contributed by atoms with Crippen LogP contribution in [0.4, 0.5) is 5.69 Å². The summed E-state index contributed by atoms with van der Waals surface area (Å²) < 4.78 is 5.96. The van der Waals surface area contributed by atoms with E-state index in [1.807, 2.05) is 56.3 Å². The van der Waals surface area contributed by atoms with Gasteiger partial charge in [-0.1, -0.05) is 30.3 Å². The van der Waals surface area contributed by atoms with Crippen LogP contribution in [0.2, 0.25) is 0 Å². The van der Waals surface area contributed by atoms with Crippen molar-refractivity contribution < 1.29 is 14.3 Å². The standard InChI is InChI=1S/C20H19BrN2O3/c1-11-8-9-12(2)16(10-11)23-19(24)13(3)26-20(25)18-17(21)14-6-4-5-7-15(14)22-18/h4-10,13,22H,1-3H3,(H,23,24). The molecule has 134 valence electrons. The number of para-hydroxylation sites is 1. The minimum Gasteiger partial charge on any atom is -0.448 e. The number of amides is 1. The molecule has 3 rings (SSSR count). The lowest BCUT2D eigenvalue weighted by atomic mass is 10.1. The number of aromatic nitrogens is 1. The number of benzene rings is 2. The Balaban J connectivity index is 1.73. The van der Waals surface area contributed by atoms with Crippen LogP contribution in [0.1, 0.15) is 28.5 Å². The van der Waals surface area contributed by atoms with Crippen molar-refractivity contribution in [1.82, 2.24) is 4.98 Å². The Morgan fingerprint density at radius 2 is 1.88 bits per heavy atom. The molecular weight excluding hydrogens is 396 g/mol. The smallest absolute Gasteiger partial charge is 0.356 e. The fourth-order valence-electron chi connectivity index (χ4n) is 2.63. The van der Waals surface area contributed by atoms with Gasteiger partial charge in [0.2, 0.25) is 0 Å². The second-order valence-corrected chi connectivity index (χ2v) is 7.01. The minimum absolute atomic E-state index is 0.289. The first kappa shape index (κ1) is 18.2. The molecule has 3 aromatic rings. The number of nitrogens with one attached hydrogen (secondary N) is 2. The molecule has 2 aromatic carbocycles. The highest BCUT2D eigenvalue weighted by atomic mass is 79.9. The van der Waals surface area contributed by atoms with Crippen LogP contribution in [0, 0.1) is 13.8 Å². The number of rotatable bonds is 4. The molecule has 0 saturated heterocycles. The third kappa shape index (κ3) is 3.65. The first-order valence-electron chi connectivity index (χ1n) is 8.22. The molecule has 0 bridgehead atoms. The van der Waals surface area contributed by atoms with Crippen LogP contribution in [0.15, 0.2) is 46.9 Å². The number of ether oxygens (including phenoxy) is 1. The van der Waals surface area contributed by atoms with E-state index in [0.717, 1.165) is 22.0 Å². The number of carbonyl (C=O) groups excluding carboxylic acids is 2. The quantitative estimate of drug-likeness (QED) is 0.606. The summed E-state index contributed by atoms with van der Waals surface area (Å²) in [6.45, 7) is 5.41. The molecular formula is C20H19BrN2O3. The van der Waals surface area contributed by atoms with Crippen LogP contribution in [0.25, 0.3) is 10.9 Å². The molecule has 26 heavy (non-hydrogen) atoms. The normalized spacial score (nSPS) is 12.0. The lowest BCUT2D eigenvalue weighted by Crippen LogP contribution is -2.30. The van der Waals surface area contributed by atoms with Gasteiger partial charge < -0.3 is 15.0 Å². The molecule has 5 nitrogen and oxygen atoms in total. The molecule has 1 amide bonds. The Bertz CT molecular complexity index is 994. The highest BCUT2D eigenvalue weighted by Gasteiger charge is 2.23. The number of halogens is 1. The van der Waals surface area contributed by atoms with E-state index in [1.54, 1.807) is 6.92 Å². The van der Waals surface area contributed by atoms with Crippen molar-refractivity contribution in [2.45, 2.75) is 26.9 Å². The lowest BCUT2D eigenvalue weighted by Gasteiger charge is -2.15. The number of H-pyrrole nitrogens is 1. The summed E-state index contributed by atoms with van der Waals surface area (Å²) in [7, 11) is 0. The van der Waals surface area contributed by atoms with Gasteiger partial charge in [-0.25, -0.2) is 4.79 Å².